The molecule has 15 heteroatoms. The molecule has 3 aliphatic rings. The van der Waals surface area contributed by atoms with E-state index in [9.17, 15) is 40.3 Å². The second-order valence-electron chi connectivity index (χ2n) is 11.3. The molecule has 2 aliphatic carbocycles. The maximum atomic E-state index is 15.8. The summed E-state index contributed by atoms with van der Waals surface area (Å²) in [5, 5.41) is 8.93. The van der Waals surface area contributed by atoms with E-state index in [1.165, 1.54) is 17.0 Å². The van der Waals surface area contributed by atoms with Crippen molar-refractivity contribution in [2.75, 3.05) is 18.1 Å². The summed E-state index contributed by atoms with van der Waals surface area (Å²) < 4.78 is 117. The second kappa shape index (κ2) is 10.8. The summed E-state index contributed by atoms with van der Waals surface area (Å²) in [4.78, 5) is 16.8. The predicted molar refractivity (Wildman–Crippen MR) is 142 cm³/mol. The molecule has 0 saturated heterocycles. The highest BCUT2D eigenvalue weighted by molar-refractivity contribution is 8.00. The van der Waals surface area contributed by atoms with E-state index in [-0.39, 0.29) is 28.9 Å². The van der Waals surface area contributed by atoms with Crippen LogP contribution in [0.1, 0.15) is 45.4 Å². The lowest BCUT2D eigenvalue weighted by Crippen LogP contribution is -2.37. The number of carboxylic acids is 1. The fraction of sp³-hybridized carbons (Fsp3) is 0.556. The van der Waals surface area contributed by atoms with E-state index in [0.717, 1.165) is 30.0 Å². The SMILES string of the molecule is CC(F)(F)CC[C@H]1CN(c2ccc(F)cc2)c2nc(SC3CC(F)(F)C3)c(OCC3(C(=O)O)CC3)cc2S(=O)(=O)[C@H]1F. The van der Waals surface area contributed by atoms with E-state index < -0.39 is 92.7 Å². The number of alkyl halides is 5. The third-order valence-electron chi connectivity index (χ3n) is 7.78. The number of benzene rings is 1. The molecule has 0 amide bonds. The van der Waals surface area contributed by atoms with Gasteiger partial charge in [-0.3, -0.25) is 4.79 Å². The van der Waals surface area contributed by atoms with Crippen LogP contribution in [0.2, 0.25) is 0 Å². The van der Waals surface area contributed by atoms with Crippen molar-refractivity contribution in [2.24, 2.45) is 11.3 Å². The van der Waals surface area contributed by atoms with E-state index in [1.807, 2.05) is 0 Å². The first-order valence-electron chi connectivity index (χ1n) is 13.2. The maximum Gasteiger partial charge on any atom is 0.313 e. The number of sulfone groups is 1. The minimum Gasteiger partial charge on any atom is -0.490 e. The Kier molecular flexibility index (Phi) is 7.91. The summed E-state index contributed by atoms with van der Waals surface area (Å²) in [7, 11) is -4.87. The summed E-state index contributed by atoms with van der Waals surface area (Å²) in [6.45, 7) is -0.122. The van der Waals surface area contributed by atoms with Crippen molar-refractivity contribution in [1.29, 1.82) is 0 Å². The van der Waals surface area contributed by atoms with Crippen LogP contribution in [-0.2, 0) is 14.6 Å². The lowest BCUT2D eigenvalue weighted by molar-refractivity contribution is -0.144. The second-order valence-corrected chi connectivity index (χ2v) is 14.6. The lowest BCUT2D eigenvalue weighted by Gasteiger charge is -2.34. The van der Waals surface area contributed by atoms with E-state index in [1.54, 1.807) is 0 Å². The quantitative estimate of drug-likeness (QED) is 0.290. The van der Waals surface area contributed by atoms with Crippen molar-refractivity contribution in [1.82, 2.24) is 4.98 Å². The number of rotatable bonds is 10. The van der Waals surface area contributed by atoms with E-state index in [4.69, 9.17) is 4.74 Å². The van der Waals surface area contributed by atoms with Gasteiger partial charge in [0.1, 0.15) is 27.8 Å². The number of hydrogen-bond acceptors (Lipinski definition) is 7. The molecule has 1 aliphatic heterocycles. The van der Waals surface area contributed by atoms with Crippen LogP contribution in [0.4, 0.5) is 37.8 Å². The van der Waals surface area contributed by atoms with Crippen molar-refractivity contribution in [3.63, 3.8) is 0 Å². The molecule has 230 valence electrons. The maximum absolute atomic E-state index is 15.8. The van der Waals surface area contributed by atoms with Gasteiger partial charge in [0.15, 0.2) is 11.6 Å². The number of fused-ring (bicyclic) bond motifs is 1. The molecular formula is C27H28F6N2O5S2. The Bertz CT molecular complexity index is 1460. The molecule has 2 heterocycles. The number of carboxylic acid groups (broad SMARTS) is 1. The third kappa shape index (κ3) is 6.31. The average molecular weight is 639 g/mol. The third-order valence-corrected chi connectivity index (χ3v) is 10.9. The summed E-state index contributed by atoms with van der Waals surface area (Å²) in [6.07, 6.45) is -1.63. The number of anilines is 2. The van der Waals surface area contributed by atoms with Gasteiger partial charge in [0.25, 0.3) is 0 Å². The molecule has 1 aromatic carbocycles. The smallest absolute Gasteiger partial charge is 0.313 e. The molecule has 0 bridgehead atoms. The van der Waals surface area contributed by atoms with Crippen molar-refractivity contribution in [2.45, 2.75) is 78.0 Å². The van der Waals surface area contributed by atoms with Crippen LogP contribution >= 0.6 is 11.8 Å². The number of nitrogens with zero attached hydrogens (tertiary/aromatic N) is 2. The average Bonchev–Trinajstić information content (AvgIpc) is 3.68. The monoisotopic (exact) mass is 638 g/mol. The molecule has 2 atom stereocenters. The van der Waals surface area contributed by atoms with Gasteiger partial charge >= 0.3 is 5.97 Å². The minimum absolute atomic E-state index is 0.00769. The summed E-state index contributed by atoms with van der Waals surface area (Å²) in [5.41, 5.74) is -3.61. The van der Waals surface area contributed by atoms with Gasteiger partial charge in [-0.25, -0.2) is 39.7 Å². The molecule has 2 saturated carbocycles. The van der Waals surface area contributed by atoms with E-state index in [0.29, 0.717) is 19.8 Å². The van der Waals surface area contributed by atoms with Gasteiger partial charge in [0, 0.05) is 48.7 Å². The number of aromatic nitrogens is 1. The molecule has 42 heavy (non-hydrogen) atoms. The van der Waals surface area contributed by atoms with Gasteiger partial charge < -0.3 is 14.7 Å². The number of carbonyl (C=O) groups is 1. The zero-order valence-corrected chi connectivity index (χ0v) is 24.0. The van der Waals surface area contributed by atoms with Gasteiger partial charge in [0.05, 0.1) is 0 Å². The van der Waals surface area contributed by atoms with Crippen LogP contribution in [0.25, 0.3) is 0 Å². The van der Waals surface area contributed by atoms with Crippen LogP contribution in [-0.4, -0.2) is 60.2 Å². The highest BCUT2D eigenvalue weighted by Crippen LogP contribution is 2.51. The molecule has 2 aromatic rings. The van der Waals surface area contributed by atoms with E-state index in [2.05, 4.69) is 4.98 Å². The molecule has 0 radical (unpaired) electrons. The first kappa shape index (κ1) is 30.8. The topological polar surface area (TPSA) is 96.8 Å². The molecule has 1 N–H and O–H groups in total. The van der Waals surface area contributed by atoms with Crippen molar-refractivity contribution in [3.8, 4) is 5.75 Å². The van der Waals surface area contributed by atoms with Gasteiger partial charge in [-0.2, -0.15) is 0 Å². The standard InChI is InChI=1S/C27H28F6N2O5S2/c1-25(30,31)7-6-15-13-35(17-4-2-16(28)3-5-17)22-20(42(38,39)21(15)29)10-19(40-14-26(8-9-26)24(36)37)23(34-22)41-18-11-27(32,33)12-18/h2-5,10,15,18,21H,6-9,11-14H2,1H3,(H,36,37)/t15-,21+/m0/s1. The molecule has 0 unspecified atom stereocenters. The van der Waals surface area contributed by atoms with Crippen LogP contribution in [0.3, 0.4) is 0 Å². The molecule has 2 fully saturated rings. The Labute approximate surface area is 242 Å². The van der Waals surface area contributed by atoms with Gasteiger partial charge in [-0.15, -0.1) is 0 Å². The fourth-order valence-electron chi connectivity index (χ4n) is 4.97. The van der Waals surface area contributed by atoms with Crippen molar-refractivity contribution in [3.05, 3.63) is 36.1 Å². The Hall–Kier alpha value is -2.68. The zero-order chi connectivity index (χ0) is 30.7. The lowest BCUT2D eigenvalue weighted by atomic mass is 9.94. The van der Waals surface area contributed by atoms with E-state index >= 15 is 4.39 Å². The summed E-state index contributed by atoms with van der Waals surface area (Å²) in [5.74, 6) is -9.76. The van der Waals surface area contributed by atoms with Crippen LogP contribution in [0, 0.1) is 17.2 Å². The van der Waals surface area contributed by atoms with Gasteiger partial charge in [-0.1, -0.05) is 11.8 Å². The number of ether oxygens (including phenoxy) is 1. The highest BCUT2D eigenvalue weighted by atomic mass is 32.2. The van der Waals surface area contributed by atoms with Crippen molar-refractivity contribution < 1.29 is 49.4 Å². The van der Waals surface area contributed by atoms with Crippen LogP contribution < -0.4 is 9.64 Å². The normalized spacial score (nSPS) is 24.3. The van der Waals surface area contributed by atoms with Crippen molar-refractivity contribution >= 4 is 39.1 Å². The Morgan fingerprint density at radius 3 is 2.40 bits per heavy atom. The Morgan fingerprint density at radius 2 is 1.86 bits per heavy atom. The van der Waals surface area contributed by atoms with Crippen LogP contribution in [0.5, 0.6) is 5.75 Å². The molecule has 5 rings (SSSR count). The number of halogens is 6. The summed E-state index contributed by atoms with van der Waals surface area (Å²) in [6, 6.07) is 5.76. The van der Waals surface area contributed by atoms with Gasteiger partial charge in [0.2, 0.25) is 27.2 Å². The predicted octanol–water partition coefficient (Wildman–Crippen LogP) is 6.63. The molecular weight excluding hydrogens is 610 g/mol. The Morgan fingerprint density at radius 1 is 1.21 bits per heavy atom. The molecule has 7 nitrogen and oxygen atoms in total. The molecule has 0 spiro atoms. The number of hydrogen-bond donors (Lipinski definition) is 1. The first-order valence-corrected chi connectivity index (χ1v) is 15.7. The summed E-state index contributed by atoms with van der Waals surface area (Å²) >= 11 is 0.895. The largest absolute Gasteiger partial charge is 0.490 e. The number of pyridine rings is 1. The fourth-order valence-corrected chi connectivity index (χ4v) is 7.96. The molecule has 1 aromatic heterocycles. The first-order chi connectivity index (χ1) is 19.5. The Balaban J connectivity index is 1.61. The number of aliphatic carboxylic acids is 1. The highest BCUT2D eigenvalue weighted by Gasteiger charge is 2.52. The minimum atomic E-state index is -4.87. The van der Waals surface area contributed by atoms with Gasteiger partial charge in [-0.05, 0) is 50.5 Å². The number of thioether (sulfide) groups is 1. The van der Waals surface area contributed by atoms with Crippen LogP contribution in [0.15, 0.2) is 40.3 Å². The zero-order valence-electron chi connectivity index (χ0n) is 22.3.